The molecule has 0 aliphatic carbocycles. The fraction of sp³-hybridized carbons (Fsp3) is 0.316. The van der Waals surface area contributed by atoms with Crippen LogP contribution in [0.3, 0.4) is 0 Å². The summed E-state index contributed by atoms with van der Waals surface area (Å²) < 4.78 is 5.85. The number of hydrogen-bond acceptors (Lipinski definition) is 7. The van der Waals surface area contributed by atoms with E-state index in [2.05, 4.69) is 10.3 Å². The van der Waals surface area contributed by atoms with Crippen molar-refractivity contribution in [3.05, 3.63) is 39.3 Å². The van der Waals surface area contributed by atoms with Crippen molar-refractivity contribution in [3.8, 4) is 16.3 Å². The molecule has 0 fully saturated rings. The molecule has 0 saturated heterocycles. The predicted molar refractivity (Wildman–Crippen MR) is 111 cm³/mol. The minimum Gasteiger partial charge on any atom is -0.489 e. The first kappa shape index (κ1) is 19.3. The third-order valence-electron chi connectivity index (χ3n) is 3.78. The molecular formula is C19H22N4O2S2. The number of carbonyl (C=O) groups excluding carboxylic acids is 1. The lowest BCUT2D eigenvalue weighted by Crippen LogP contribution is -2.12. The number of primary amides is 1. The van der Waals surface area contributed by atoms with Gasteiger partial charge in [0.1, 0.15) is 5.75 Å². The third kappa shape index (κ3) is 4.28. The molecule has 3 aromatic rings. The van der Waals surface area contributed by atoms with Crippen molar-refractivity contribution < 1.29 is 9.53 Å². The van der Waals surface area contributed by atoms with Gasteiger partial charge in [0.25, 0.3) is 0 Å². The van der Waals surface area contributed by atoms with E-state index in [1.165, 1.54) is 0 Å². The van der Waals surface area contributed by atoms with Gasteiger partial charge in [-0.15, -0.1) is 22.7 Å². The van der Waals surface area contributed by atoms with Crippen LogP contribution < -0.4 is 15.8 Å². The zero-order chi connectivity index (χ0) is 19.7. The monoisotopic (exact) mass is 402 g/mol. The molecule has 8 heteroatoms. The second-order valence-electron chi connectivity index (χ2n) is 6.44. The number of nitrogens with two attached hydrogens (primary N) is 1. The number of amides is 1. The number of nitrogens with zero attached hydrogens (tertiary/aromatic N) is 2. The number of aromatic nitrogens is 2. The number of anilines is 2. The van der Waals surface area contributed by atoms with Gasteiger partial charge < -0.3 is 15.8 Å². The fourth-order valence-electron chi connectivity index (χ4n) is 2.66. The van der Waals surface area contributed by atoms with Crippen LogP contribution in [-0.4, -0.2) is 22.0 Å². The fourth-order valence-corrected chi connectivity index (χ4v) is 4.53. The van der Waals surface area contributed by atoms with Crippen molar-refractivity contribution in [2.45, 2.75) is 40.7 Å². The van der Waals surface area contributed by atoms with Crippen molar-refractivity contribution in [3.63, 3.8) is 0 Å². The normalized spacial score (nSPS) is 11.0. The summed E-state index contributed by atoms with van der Waals surface area (Å²) in [6.45, 7) is 9.93. The van der Waals surface area contributed by atoms with Gasteiger partial charge in [0.2, 0.25) is 5.91 Å². The molecule has 0 spiro atoms. The first-order chi connectivity index (χ1) is 12.7. The van der Waals surface area contributed by atoms with Crippen LogP contribution in [0.1, 0.15) is 39.8 Å². The van der Waals surface area contributed by atoms with E-state index in [-0.39, 0.29) is 6.10 Å². The van der Waals surface area contributed by atoms with Gasteiger partial charge in [0.05, 0.1) is 33.1 Å². The van der Waals surface area contributed by atoms with E-state index in [1.54, 1.807) is 40.9 Å². The van der Waals surface area contributed by atoms with Gasteiger partial charge in [-0.25, -0.2) is 9.97 Å². The van der Waals surface area contributed by atoms with Crippen molar-refractivity contribution in [1.29, 1.82) is 0 Å². The Hall–Kier alpha value is -2.45. The maximum absolute atomic E-state index is 11.6. The molecule has 0 aliphatic heterocycles. The highest BCUT2D eigenvalue weighted by Crippen LogP contribution is 2.38. The summed E-state index contributed by atoms with van der Waals surface area (Å²) in [4.78, 5) is 23.0. The Kier molecular flexibility index (Phi) is 5.48. The van der Waals surface area contributed by atoms with Crippen molar-refractivity contribution in [2.75, 3.05) is 5.32 Å². The van der Waals surface area contributed by atoms with Crippen LogP contribution in [0.25, 0.3) is 10.6 Å². The topological polar surface area (TPSA) is 90.1 Å². The lowest BCUT2D eigenvalue weighted by atomic mass is 10.1. The molecule has 27 heavy (non-hydrogen) atoms. The number of nitrogens with one attached hydrogen (secondary N) is 1. The summed E-state index contributed by atoms with van der Waals surface area (Å²) in [6, 6.07) is 5.10. The molecule has 0 atom stereocenters. The van der Waals surface area contributed by atoms with Gasteiger partial charge in [-0.2, -0.15) is 0 Å². The van der Waals surface area contributed by atoms with Crippen molar-refractivity contribution in [1.82, 2.24) is 9.97 Å². The van der Waals surface area contributed by atoms with Crippen LogP contribution in [0, 0.1) is 20.8 Å². The minimum atomic E-state index is -0.485. The predicted octanol–water partition coefficient (Wildman–Crippen LogP) is 4.82. The minimum absolute atomic E-state index is 0.00129. The number of benzene rings is 1. The Morgan fingerprint density at radius 3 is 2.52 bits per heavy atom. The molecule has 1 aromatic carbocycles. The average molecular weight is 403 g/mol. The SMILES string of the molecule is Cc1nc(C)c(-c2nc(Nc3cc(C(N)=O)ccc3OC(C)C)sc2C)s1. The third-order valence-corrected chi connectivity index (χ3v) is 5.75. The van der Waals surface area contributed by atoms with Crippen molar-refractivity contribution in [2.24, 2.45) is 5.73 Å². The van der Waals surface area contributed by atoms with E-state index in [4.69, 9.17) is 15.5 Å². The molecule has 2 aromatic heterocycles. The van der Waals surface area contributed by atoms with Gasteiger partial charge in [-0.05, 0) is 52.8 Å². The smallest absolute Gasteiger partial charge is 0.248 e. The van der Waals surface area contributed by atoms with Gasteiger partial charge >= 0.3 is 0 Å². The van der Waals surface area contributed by atoms with Crippen LogP contribution in [0.5, 0.6) is 5.75 Å². The quantitative estimate of drug-likeness (QED) is 0.617. The Balaban J connectivity index is 1.97. The number of hydrogen-bond donors (Lipinski definition) is 2. The van der Waals surface area contributed by atoms with E-state index in [9.17, 15) is 4.79 Å². The number of rotatable bonds is 6. The second-order valence-corrected chi connectivity index (χ2v) is 8.84. The van der Waals surface area contributed by atoms with E-state index >= 15 is 0 Å². The zero-order valence-electron chi connectivity index (χ0n) is 15.9. The summed E-state index contributed by atoms with van der Waals surface area (Å²) >= 11 is 3.19. The number of carbonyl (C=O) groups is 1. The Bertz CT molecular complexity index is 992. The van der Waals surface area contributed by atoms with Crippen LogP contribution >= 0.6 is 22.7 Å². The lowest BCUT2D eigenvalue weighted by Gasteiger charge is -2.15. The molecular weight excluding hydrogens is 380 g/mol. The Morgan fingerprint density at radius 2 is 1.93 bits per heavy atom. The van der Waals surface area contributed by atoms with Gasteiger partial charge in [0, 0.05) is 10.4 Å². The van der Waals surface area contributed by atoms with E-state index in [0.29, 0.717) is 17.0 Å². The van der Waals surface area contributed by atoms with Gasteiger partial charge in [0.15, 0.2) is 5.13 Å². The van der Waals surface area contributed by atoms with Crippen LogP contribution in [0.15, 0.2) is 18.2 Å². The van der Waals surface area contributed by atoms with E-state index in [0.717, 1.165) is 31.3 Å². The molecule has 0 radical (unpaired) electrons. The molecule has 3 rings (SSSR count). The second kappa shape index (κ2) is 7.66. The summed E-state index contributed by atoms with van der Waals surface area (Å²) in [6.07, 6.45) is 0.00129. The van der Waals surface area contributed by atoms with Crippen LogP contribution in [-0.2, 0) is 0 Å². The molecule has 0 saturated carbocycles. The summed E-state index contributed by atoms with van der Waals surface area (Å²) in [5, 5.41) is 5.03. The molecule has 0 unspecified atom stereocenters. The lowest BCUT2D eigenvalue weighted by molar-refractivity contribution is 0.100. The summed E-state index contributed by atoms with van der Waals surface area (Å²) in [5.41, 5.74) is 8.42. The number of thiazole rings is 2. The molecule has 6 nitrogen and oxygen atoms in total. The summed E-state index contributed by atoms with van der Waals surface area (Å²) in [7, 11) is 0. The molecule has 1 amide bonds. The Morgan fingerprint density at radius 1 is 1.19 bits per heavy atom. The number of ether oxygens (including phenoxy) is 1. The van der Waals surface area contributed by atoms with E-state index < -0.39 is 5.91 Å². The van der Waals surface area contributed by atoms with Crippen LogP contribution in [0.2, 0.25) is 0 Å². The Labute approximate surface area is 166 Å². The largest absolute Gasteiger partial charge is 0.489 e. The average Bonchev–Trinajstić information content (AvgIpc) is 3.09. The molecule has 142 valence electrons. The van der Waals surface area contributed by atoms with E-state index in [1.807, 2.05) is 34.6 Å². The maximum atomic E-state index is 11.6. The summed E-state index contributed by atoms with van der Waals surface area (Å²) in [5.74, 6) is 0.162. The van der Waals surface area contributed by atoms with Crippen molar-refractivity contribution >= 4 is 39.4 Å². The molecule has 2 heterocycles. The highest BCUT2D eigenvalue weighted by Gasteiger charge is 2.17. The van der Waals surface area contributed by atoms with Gasteiger partial charge in [-0.3, -0.25) is 4.79 Å². The first-order valence-electron chi connectivity index (χ1n) is 8.54. The molecule has 0 aliphatic rings. The highest BCUT2D eigenvalue weighted by atomic mass is 32.1. The molecule has 0 bridgehead atoms. The standard InChI is InChI=1S/C19H22N4O2S2/c1-9(2)25-15-7-6-13(18(20)24)8-14(15)22-19-23-16(11(4)26-19)17-10(3)21-12(5)27-17/h6-9H,1-5H3,(H2,20,24)(H,22,23). The van der Waals surface area contributed by atoms with Gasteiger partial charge in [-0.1, -0.05) is 0 Å². The number of aryl methyl sites for hydroxylation is 3. The maximum Gasteiger partial charge on any atom is 0.248 e. The molecule has 3 N–H and O–H groups in total. The van der Waals surface area contributed by atoms with Crippen LogP contribution in [0.4, 0.5) is 10.8 Å². The zero-order valence-corrected chi connectivity index (χ0v) is 17.5. The first-order valence-corrected chi connectivity index (χ1v) is 10.2. The highest BCUT2D eigenvalue weighted by molar-refractivity contribution is 7.18.